The molecule has 0 fully saturated rings. The van der Waals surface area contributed by atoms with Crippen LogP contribution in [-0.4, -0.2) is 19.8 Å². The Morgan fingerprint density at radius 1 is 0.389 bits per heavy atom. The van der Waals surface area contributed by atoms with Gasteiger partial charge in [0.1, 0.15) is 37.1 Å². The minimum Gasteiger partial charge on any atom is -0.481 e. The average molecular weight is 469 g/mol. The fourth-order valence-electron chi connectivity index (χ4n) is 3.13. The quantitative estimate of drug-likeness (QED) is 0.326. The maximum atomic E-state index is 5.85. The van der Waals surface area contributed by atoms with E-state index in [9.17, 15) is 0 Å². The van der Waals surface area contributed by atoms with Gasteiger partial charge in [-0.1, -0.05) is 90.1 Å². The minimum absolute atomic E-state index is 0.236. The maximum absolute atomic E-state index is 5.85. The maximum Gasteiger partial charge on any atom is 0.149 e. The van der Waals surface area contributed by atoms with Crippen molar-refractivity contribution in [2.24, 2.45) is 0 Å². The number of rotatable bonds is 6. The van der Waals surface area contributed by atoms with E-state index in [4.69, 9.17) is 14.2 Å². The molecule has 36 heavy (non-hydrogen) atoms. The molecule has 0 spiro atoms. The first kappa shape index (κ1) is 24.1. The van der Waals surface area contributed by atoms with Gasteiger partial charge in [-0.05, 0) is 36.4 Å². The van der Waals surface area contributed by atoms with Gasteiger partial charge in [0.25, 0.3) is 0 Å². The van der Waals surface area contributed by atoms with Crippen LogP contribution in [-0.2, 0) is 0 Å². The predicted octanol–water partition coefficient (Wildman–Crippen LogP) is 5.98. The molecule has 0 N–H and O–H groups in total. The van der Waals surface area contributed by atoms with E-state index in [1.54, 1.807) is 18.2 Å². The largest absolute Gasteiger partial charge is 0.481 e. The second-order valence-electron chi connectivity index (χ2n) is 7.51. The highest BCUT2D eigenvalue weighted by atomic mass is 16.5. The molecule has 0 amide bonds. The van der Waals surface area contributed by atoms with E-state index in [2.05, 4.69) is 35.5 Å². The zero-order valence-corrected chi connectivity index (χ0v) is 19.7. The molecule has 4 aromatic rings. The van der Waals surface area contributed by atoms with Crippen LogP contribution in [0.15, 0.2) is 109 Å². The Balaban J connectivity index is 1.41. The molecule has 4 aromatic carbocycles. The van der Waals surface area contributed by atoms with Crippen LogP contribution in [0.2, 0.25) is 0 Å². The highest BCUT2D eigenvalue weighted by Crippen LogP contribution is 2.28. The van der Waals surface area contributed by atoms with Crippen molar-refractivity contribution < 1.29 is 14.2 Å². The van der Waals surface area contributed by atoms with Crippen LogP contribution >= 0.6 is 0 Å². The summed E-state index contributed by atoms with van der Waals surface area (Å²) in [6, 6.07) is 34.8. The molecule has 0 aliphatic rings. The number of hydrogen-bond donors (Lipinski definition) is 0. The van der Waals surface area contributed by atoms with E-state index >= 15 is 0 Å². The number of hydrogen-bond acceptors (Lipinski definition) is 3. The molecule has 174 valence electrons. The lowest BCUT2D eigenvalue weighted by Gasteiger charge is -2.10. The van der Waals surface area contributed by atoms with Crippen molar-refractivity contribution in [1.29, 1.82) is 0 Å². The normalized spacial score (nSPS) is 9.33. The number of benzene rings is 4. The van der Waals surface area contributed by atoms with Gasteiger partial charge in [0.15, 0.2) is 0 Å². The Morgan fingerprint density at radius 2 is 0.667 bits per heavy atom. The predicted molar refractivity (Wildman–Crippen MR) is 143 cm³/mol. The zero-order chi connectivity index (χ0) is 24.7. The van der Waals surface area contributed by atoms with Gasteiger partial charge in [0, 0.05) is 34.9 Å². The monoisotopic (exact) mass is 468 g/mol. The molecule has 0 aliphatic heterocycles. The molecule has 0 atom stereocenters. The molecular weight excluding hydrogens is 444 g/mol. The molecule has 0 bridgehead atoms. The lowest BCUT2D eigenvalue weighted by molar-refractivity contribution is 0.334. The van der Waals surface area contributed by atoms with Gasteiger partial charge in [-0.25, -0.2) is 0 Å². The summed E-state index contributed by atoms with van der Waals surface area (Å²) in [7, 11) is 0. The summed E-state index contributed by atoms with van der Waals surface area (Å²) in [5.74, 6) is 20.1. The number of ether oxygens (including phenoxy) is 3. The summed E-state index contributed by atoms with van der Waals surface area (Å²) in [5.41, 5.74) is 2.82. The zero-order valence-electron chi connectivity index (χ0n) is 19.7. The molecule has 0 aromatic heterocycles. The molecule has 0 saturated carbocycles. The van der Waals surface area contributed by atoms with Crippen molar-refractivity contribution in [2.45, 2.75) is 0 Å². The molecule has 3 nitrogen and oxygen atoms in total. The standard InChI is InChI=1S/C33H24O3/c1-4-13-28(14-5-1)19-10-22-34-31-25-32(35-23-11-20-29-15-6-2-7-16-29)27-33(26-31)36-24-12-21-30-17-8-3-9-18-30/h1-9,13-18,25-27H,22-24H2. The third kappa shape index (κ3) is 8.39. The van der Waals surface area contributed by atoms with Crippen LogP contribution in [0.25, 0.3) is 0 Å². The summed E-state index contributed by atoms with van der Waals surface area (Å²) in [5, 5.41) is 0. The van der Waals surface area contributed by atoms with E-state index in [-0.39, 0.29) is 19.8 Å². The second-order valence-corrected chi connectivity index (χ2v) is 7.51. The molecule has 0 heterocycles. The van der Waals surface area contributed by atoms with Gasteiger partial charge in [-0.2, -0.15) is 0 Å². The van der Waals surface area contributed by atoms with Gasteiger partial charge < -0.3 is 14.2 Å². The topological polar surface area (TPSA) is 27.7 Å². The molecule has 0 saturated heterocycles. The second kappa shape index (κ2) is 13.6. The van der Waals surface area contributed by atoms with Crippen molar-refractivity contribution in [3.63, 3.8) is 0 Å². The Hall–Kier alpha value is -5.04. The lowest BCUT2D eigenvalue weighted by atomic mass is 10.2. The van der Waals surface area contributed by atoms with Crippen molar-refractivity contribution in [2.75, 3.05) is 19.8 Å². The van der Waals surface area contributed by atoms with Crippen molar-refractivity contribution in [3.05, 3.63) is 126 Å². The van der Waals surface area contributed by atoms with Gasteiger partial charge >= 0.3 is 0 Å². The van der Waals surface area contributed by atoms with E-state index in [0.717, 1.165) is 16.7 Å². The summed E-state index contributed by atoms with van der Waals surface area (Å²) in [6.45, 7) is 0.707. The Bertz CT molecular complexity index is 1230. The smallest absolute Gasteiger partial charge is 0.149 e. The Morgan fingerprint density at radius 3 is 0.944 bits per heavy atom. The minimum atomic E-state index is 0.236. The van der Waals surface area contributed by atoms with Crippen LogP contribution in [0.3, 0.4) is 0 Å². The van der Waals surface area contributed by atoms with Gasteiger partial charge in [0.2, 0.25) is 0 Å². The molecular formula is C33H24O3. The van der Waals surface area contributed by atoms with Crippen LogP contribution in [0, 0.1) is 35.5 Å². The van der Waals surface area contributed by atoms with Gasteiger partial charge in [-0.3, -0.25) is 0 Å². The molecule has 0 unspecified atom stereocenters. The van der Waals surface area contributed by atoms with E-state index in [1.807, 2.05) is 91.0 Å². The summed E-state index contributed by atoms with van der Waals surface area (Å²) >= 11 is 0. The first-order chi connectivity index (χ1) is 17.8. The summed E-state index contributed by atoms with van der Waals surface area (Å²) in [6.07, 6.45) is 0. The summed E-state index contributed by atoms with van der Waals surface area (Å²) < 4.78 is 17.6. The SMILES string of the molecule is C(#Cc1ccccc1)COc1cc(OCC#Cc2ccccc2)cc(OCC#Cc2ccccc2)c1. The third-order valence-corrected chi connectivity index (χ3v) is 4.81. The molecule has 3 heteroatoms. The van der Waals surface area contributed by atoms with Crippen molar-refractivity contribution >= 4 is 0 Å². The lowest BCUT2D eigenvalue weighted by Crippen LogP contribution is -2.00. The van der Waals surface area contributed by atoms with E-state index < -0.39 is 0 Å². The Kier molecular flexibility index (Phi) is 9.11. The van der Waals surface area contributed by atoms with Gasteiger partial charge in [-0.15, -0.1) is 0 Å². The first-order valence-corrected chi connectivity index (χ1v) is 11.5. The third-order valence-electron chi connectivity index (χ3n) is 4.81. The first-order valence-electron chi connectivity index (χ1n) is 11.5. The van der Waals surface area contributed by atoms with Crippen LogP contribution in [0.5, 0.6) is 17.2 Å². The fraction of sp³-hybridized carbons (Fsp3) is 0.0909. The molecule has 0 radical (unpaired) electrons. The van der Waals surface area contributed by atoms with E-state index in [0.29, 0.717) is 17.2 Å². The van der Waals surface area contributed by atoms with Crippen LogP contribution in [0.1, 0.15) is 16.7 Å². The highest BCUT2D eigenvalue weighted by molar-refractivity contribution is 5.43. The molecule has 0 aliphatic carbocycles. The molecule has 4 rings (SSSR count). The van der Waals surface area contributed by atoms with Crippen LogP contribution < -0.4 is 14.2 Å². The highest BCUT2D eigenvalue weighted by Gasteiger charge is 2.04. The van der Waals surface area contributed by atoms with E-state index in [1.165, 1.54) is 0 Å². The Labute approximate surface area is 212 Å². The average Bonchev–Trinajstić information content (AvgIpc) is 2.93. The fourth-order valence-corrected chi connectivity index (χ4v) is 3.13. The van der Waals surface area contributed by atoms with Gasteiger partial charge in [0.05, 0.1) is 0 Å². The van der Waals surface area contributed by atoms with Crippen molar-refractivity contribution in [3.8, 4) is 52.8 Å². The van der Waals surface area contributed by atoms with Crippen molar-refractivity contribution in [1.82, 2.24) is 0 Å². The van der Waals surface area contributed by atoms with Crippen LogP contribution in [0.4, 0.5) is 0 Å². The summed E-state index contributed by atoms with van der Waals surface area (Å²) in [4.78, 5) is 0.